The van der Waals surface area contributed by atoms with Gasteiger partial charge >= 0.3 is 0 Å². The van der Waals surface area contributed by atoms with Gasteiger partial charge in [-0.25, -0.2) is 0 Å². The smallest absolute Gasteiger partial charge is 0.164 e. The molecular formula is C12H22O2. The normalized spacial score (nSPS) is 32.9. The van der Waals surface area contributed by atoms with Crippen LogP contribution in [0.1, 0.15) is 52.4 Å². The summed E-state index contributed by atoms with van der Waals surface area (Å²) in [4.78, 5) is 11.9. The topological polar surface area (TPSA) is 26.3 Å². The van der Waals surface area contributed by atoms with E-state index in [4.69, 9.17) is 4.74 Å². The Morgan fingerprint density at radius 2 is 2.00 bits per heavy atom. The first-order valence-electron chi connectivity index (χ1n) is 5.73. The van der Waals surface area contributed by atoms with E-state index < -0.39 is 5.60 Å². The minimum absolute atomic E-state index is 0.314. The number of ether oxygens (including phenoxy) is 1. The lowest BCUT2D eigenvalue weighted by Crippen LogP contribution is -2.43. The predicted molar refractivity (Wildman–Crippen MR) is 57.3 cm³/mol. The predicted octanol–water partition coefficient (Wildman–Crippen LogP) is 2.95. The third-order valence-electron chi connectivity index (χ3n) is 3.46. The zero-order valence-corrected chi connectivity index (χ0v) is 9.64. The van der Waals surface area contributed by atoms with Crippen molar-refractivity contribution in [1.82, 2.24) is 0 Å². The number of hydrogen-bond acceptors (Lipinski definition) is 2. The zero-order valence-electron chi connectivity index (χ0n) is 9.64. The lowest BCUT2D eigenvalue weighted by atomic mass is 9.76. The van der Waals surface area contributed by atoms with Gasteiger partial charge in [0, 0.05) is 13.5 Å². The molecule has 0 heterocycles. The number of carbonyl (C=O) groups is 1. The molecule has 0 aromatic heterocycles. The number of methoxy groups -OCH3 is 1. The van der Waals surface area contributed by atoms with Crippen molar-refractivity contribution in [2.24, 2.45) is 5.92 Å². The van der Waals surface area contributed by atoms with Gasteiger partial charge in [0.15, 0.2) is 5.78 Å². The summed E-state index contributed by atoms with van der Waals surface area (Å²) in [5, 5.41) is 0. The van der Waals surface area contributed by atoms with E-state index in [-0.39, 0.29) is 0 Å². The van der Waals surface area contributed by atoms with Crippen LogP contribution in [-0.4, -0.2) is 18.5 Å². The lowest BCUT2D eigenvalue weighted by molar-refractivity contribution is -0.146. The summed E-state index contributed by atoms with van der Waals surface area (Å²) in [6.45, 7) is 4.30. The largest absolute Gasteiger partial charge is 0.370 e. The Balaban J connectivity index is 2.62. The molecule has 0 aromatic rings. The van der Waals surface area contributed by atoms with E-state index in [0.717, 1.165) is 38.0 Å². The van der Waals surface area contributed by atoms with E-state index in [2.05, 4.69) is 6.92 Å². The van der Waals surface area contributed by atoms with Crippen LogP contribution in [0.2, 0.25) is 0 Å². The standard InChI is InChI=1S/C12H22O2/c1-4-5-11(13)12(14-3)8-6-10(2)7-9-12/h10H,4-9H2,1-3H3. The van der Waals surface area contributed by atoms with Crippen molar-refractivity contribution >= 4 is 5.78 Å². The number of Topliss-reactive ketones (excluding diaryl/α,β-unsaturated/α-hetero) is 1. The number of rotatable bonds is 4. The van der Waals surface area contributed by atoms with Crippen molar-refractivity contribution in [2.75, 3.05) is 7.11 Å². The molecule has 0 N–H and O–H groups in total. The molecule has 82 valence electrons. The van der Waals surface area contributed by atoms with Gasteiger partial charge in [-0.05, 0) is 38.0 Å². The second-order valence-electron chi connectivity index (χ2n) is 4.55. The molecule has 14 heavy (non-hydrogen) atoms. The van der Waals surface area contributed by atoms with E-state index in [1.54, 1.807) is 7.11 Å². The molecule has 2 heteroatoms. The fraction of sp³-hybridized carbons (Fsp3) is 0.917. The molecule has 0 saturated heterocycles. The summed E-state index contributed by atoms with van der Waals surface area (Å²) >= 11 is 0. The zero-order chi connectivity index (χ0) is 10.6. The minimum atomic E-state index is -0.428. The minimum Gasteiger partial charge on any atom is -0.370 e. The van der Waals surface area contributed by atoms with Gasteiger partial charge < -0.3 is 4.74 Å². The van der Waals surface area contributed by atoms with Crippen molar-refractivity contribution in [1.29, 1.82) is 0 Å². The second-order valence-corrected chi connectivity index (χ2v) is 4.55. The molecular weight excluding hydrogens is 176 g/mol. The van der Waals surface area contributed by atoms with Crippen molar-refractivity contribution in [3.05, 3.63) is 0 Å². The Labute approximate surface area is 87.0 Å². The van der Waals surface area contributed by atoms with Crippen LogP contribution in [-0.2, 0) is 9.53 Å². The Morgan fingerprint density at radius 1 is 1.43 bits per heavy atom. The van der Waals surface area contributed by atoms with Crippen LogP contribution in [0.3, 0.4) is 0 Å². The first kappa shape index (κ1) is 11.7. The number of carbonyl (C=O) groups excluding carboxylic acids is 1. The fourth-order valence-corrected chi connectivity index (χ4v) is 2.28. The molecule has 0 unspecified atom stereocenters. The van der Waals surface area contributed by atoms with Crippen LogP contribution >= 0.6 is 0 Å². The van der Waals surface area contributed by atoms with E-state index >= 15 is 0 Å². The summed E-state index contributed by atoms with van der Waals surface area (Å²) in [6.07, 6.45) is 5.70. The van der Waals surface area contributed by atoms with Crippen LogP contribution in [0.4, 0.5) is 0 Å². The van der Waals surface area contributed by atoms with Gasteiger partial charge in [-0.15, -0.1) is 0 Å². The quantitative estimate of drug-likeness (QED) is 0.694. The van der Waals surface area contributed by atoms with Gasteiger partial charge in [-0.3, -0.25) is 4.79 Å². The lowest BCUT2D eigenvalue weighted by Gasteiger charge is -2.36. The Bertz CT molecular complexity index is 190. The molecule has 1 rings (SSSR count). The third kappa shape index (κ3) is 2.35. The molecule has 0 aliphatic heterocycles. The summed E-state index contributed by atoms with van der Waals surface area (Å²) in [5.74, 6) is 1.07. The van der Waals surface area contributed by atoms with Crippen LogP contribution in [0.25, 0.3) is 0 Å². The van der Waals surface area contributed by atoms with Gasteiger partial charge in [0.1, 0.15) is 5.60 Å². The van der Waals surface area contributed by atoms with E-state index in [9.17, 15) is 4.79 Å². The van der Waals surface area contributed by atoms with Gasteiger partial charge in [-0.2, -0.15) is 0 Å². The van der Waals surface area contributed by atoms with Gasteiger partial charge in [0.2, 0.25) is 0 Å². The SMILES string of the molecule is CCCC(=O)C1(OC)CCC(C)CC1. The highest BCUT2D eigenvalue weighted by molar-refractivity contribution is 5.87. The van der Waals surface area contributed by atoms with Crippen molar-refractivity contribution in [2.45, 2.75) is 58.0 Å². The fourth-order valence-electron chi connectivity index (χ4n) is 2.28. The van der Waals surface area contributed by atoms with E-state index in [1.165, 1.54) is 0 Å². The Morgan fingerprint density at radius 3 is 2.43 bits per heavy atom. The first-order chi connectivity index (χ1) is 6.64. The molecule has 0 aromatic carbocycles. The van der Waals surface area contributed by atoms with Crippen LogP contribution in [0.15, 0.2) is 0 Å². The summed E-state index contributed by atoms with van der Waals surface area (Å²) in [5.41, 5.74) is -0.428. The van der Waals surface area contributed by atoms with E-state index in [0.29, 0.717) is 12.2 Å². The van der Waals surface area contributed by atoms with Crippen molar-refractivity contribution < 1.29 is 9.53 Å². The summed E-state index contributed by atoms with van der Waals surface area (Å²) in [7, 11) is 1.68. The maximum absolute atomic E-state index is 11.9. The third-order valence-corrected chi connectivity index (χ3v) is 3.46. The molecule has 1 aliphatic rings. The van der Waals surface area contributed by atoms with Crippen LogP contribution in [0.5, 0.6) is 0 Å². The van der Waals surface area contributed by atoms with Gasteiger partial charge in [0.05, 0.1) is 0 Å². The van der Waals surface area contributed by atoms with E-state index in [1.807, 2.05) is 6.92 Å². The van der Waals surface area contributed by atoms with Crippen LogP contribution < -0.4 is 0 Å². The molecule has 2 nitrogen and oxygen atoms in total. The van der Waals surface area contributed by atoms with Crippen LogP contribution in [0, 0.1) is 5.92 Å². The second kappa shape index (κ2) is 4.92. The highest BCUT2D eigenvalue weighted by Crippen LogP contribution is 2.35. The highest BCUT2D eigenvalue weighted by Gasteiger charge is 2.39. The molecule has 0 bridgehead atoms. The number of ketones is 1. The molecule has 1 aliphatic carbocycles. The van der Waals surface area contributed by atoms with Crippen molar-refractivity contribution in [3.63, 3.8) is 0 Å². The molecule has 0 radical (unpaired) electrons. The average molecular weight is 198 g/mol. The highest BCUT2D eigenvalue weighted by atomic mass is 16.5. The Kier molecular flexibility index (Phi) is 4.11. The monoisotopic (exact) mass is 198 g/mol. The maximum atomic E-state index is 11.9. The molecule has 0 amide bonds. The average Bonchev–Trinajstić information content (AvgIpc) is 2.20. The van der Waals surface area contributed by atoms with Crippen molar-refractivity contribution in [3.8, 4) is 0 Å². The molecule has 0 atom stereocenters. The first-order valence-corrected chi connectivity index (χ1v) is 5.73. The molecule has 1 saturated carbocycles. The maximum Gasteiger partial charge on any atom is 0.164 e. The number of hydrogen-bond donors (Lipinski definition) is 0. The molecule has 0 spiro atoms. The summed E-state index contributed by atoms with van der Waals surface area (Å²) in [6, 6.07) is 0. The summed E-state index contributed by atoms with van der Waals surface area (Å²) < 4.78 is 5.49. The van der Waals surface area contributed by atoms with Gasteiger partial charge in [0.25, 0.3) is 0 Å². The van der Waals surface area contributed by atoms with Gasteiger partial charge in [-0.1, -0.05) is 13.8 Å². The molecule has 1 fully saturated rings. The Hall–Kier alpha value is -0.370.